The van der Waals surface area contributed by atoms with Crippen molar-refractivity contribution in [3.63, 3.8) is 0 Å². The number of nitrogens with one attached hydrogen (secondary N) is 1. The summed E-state index contributed by atoms with van der Waals surface area (Å²) < 4.78 is 1.47. The Morgan fingerprint density at radius 1 is 1.32 bits per heavy atom. The van der Waals surface area contributed by atoms with E-state index in [0.717, 1.165) is 0 Å². The quantitative estimate of drug-likeness (QED) is 0.857. The number of aliphatic carboxylic acids is 1. The molecule has 8 heteroatoms. The maximum atomic E-state index is 12.3. The summed E-state index contributed by atoms with van der Waals surface area (Å²) in [5.74, 6) is -1.37. The first kappa shape index (κ1) is 14.2. The van der Waals surface area contributed by atoms with Crippen molar-refractivity contribution in [2.24, 2.45) is 5.92 Å². The Kier molecular flexibility index (Phi) is 3.82. The van der Waals surface area contributed by atoms with Crippen molar-refractivity contribution in [2.45, 2.75) is 25.3 Å². The zero-order valence-electron chi connectivity index (χ0n) is 11.7. The van der Waals surface area contributed by atoms with Gasteiger partial charge in [0.15, 0.2) is 0 Å². The molecule has 8 nitrogen and oxygen atoms in total. The topological polar surface area (TPSA) is 110 Å². The lowest BCUT2D eigenvalue weighted by atomic mass is 10.1. The zero-order valence-corrected chi connectivity index (χ0v) is 11.7. The smallest absolute Gasteiger partial charge is 0.306 e. The van der Waals surface area contributed by atoms with E-state index in [4.69, 9.17) is 5.11 Å². The number of hydrogen-bond donors (Lipinski definition) is 2. The van der Waals surface area contributed by atoms with E-state index < -0.39 is 5.97 Å². The van der Waals surface area contributed by atoms with E-state index in [9.17, 15) is 9.59 Å². The van der Waals surface area contributed by atoms with Gasteiger partial charge in [-0.3, -0.25) is 9.59 Å². The Bertz CT molecular complexity index is 686. The third kappa shape index (κ3) is 2.95. The fourth-order valence-corrected chi connectivity index (χ4v) is 2.67. The van der Waals surface area contributed by atoms with E-state index in [-0.39, 0.29) is 17.9 Å². The summed E-state index contributed by atoms with van der Waals surface area (Å²) in [6.07, 6.45) is 3.22. The van der Waals surface area contributed by atoms with E-state index in [0.29, 0.717) is 30.5 Å². The summed E-state index contributed by atoms with van der Waals surface area (Å²) in [6, 6.07) is 6.84. The highest BCUT2D eigenvalue weighted by molar-refractivity contribution is 5.95. The van der Waals surface area contributed by atoms with Gasteiger partial charge in [0.05, 0.1) is 11.6 Å². The first-order valence-electron chi connectivity index (χ1n) is 7.00. The van der Waals surface area contributed by atoms with Crippen LogP contribution in [-0.4, -0.2) is 43.2 Å². The van der Waals surface area contributed by atoms with Crippen LogP contribution in [0.5, 0.6) is 0 Å². The molecule has 1 amide bonds. The van der Waals surface area contributed by atoms with Crippen LogP contribution in [-0.2, 0) is 4.79 Å². The van der Waals surface area contributed by atoms with Gasteiger partial charge in [0.2, 0.25) is 0 Å². The summed E-state index contributed by atoms with van der Waals surface area (Å²) in [6.45, 7) is 0. The van der Waals surface area contributed by atoms with Crippen molar-refractivity contribution >= 4 is 11.9 Å². The van der Waals surface area contributed by atoms with E-state index in [1.807, 2.05) is 0 Å². The van der Waals surface area contributed by atoms with Gasteiger partial charge in [0.1, 0.15) is 6.33 Å². The van der Waals surface area contributed by atoms with Crippen LogP contribution >= 0.6 is 0 Å². The predicted octanol–water partition coefficient (Wildman–Crippen LogP) is 0.645. The monoisotopic (exact) mass is 301 g/mol. The van der Waals surface area contributed by atoms with Gasteiger partial charge < -0.3 is 10.4 Å². The van der Waals surface area contributed by atoms with Gasteiger partial charge in [-0.15, -0.1) is 5.10 Å². The van der Waals surface area contributed by atoms with Crippen molar-refractivity contribution in [1.82, 2.24) is 25.5 Å². The van der Waals surface area contributed by atoms with E-state index in [1.165, 1.54) is 11.0 Å². The molecule has 1 heterocycles. The highest BCUT2D eigenvalue weighted by atomic mass is 16.4. The normalized spacial score (nSPS) is 20.7. The number of carboxylic acids is 1. The fourth-order valence-electron chi connectivity index (χ4n) is 2.67. The molecule has 3 rings (SSSR count). The summed E-state index contributed by atoms with van der Waals surface area (Å²) in [4.78, 5) is 23.2. The van der Waals surface area contributed by atoms with Gasteiger partial charge in [0.25, 0.3) is 5.91 Å². The summed E-state index contributed by atoms with van der Waals surface area (Å²) >= 11 is 0. The van der Waals surface area contributed by atoms with Crippen LogP contribution in [0.3, 0.4) is 0 Å². The first-order valence-corrected chi connectivity index (χ1v) is 7.00. The molecule has 2 N–H and O–H groups in total. The maximum absolute atomic E-state index is 12.3. The third-order valence-electron chi connectivity index (χ3n) is 3.84. The average molecular weight is 301 g/mol. The molecule has 0 aliphatic heterocycles. The number of tetrazole rings is 1. The lowest BCUT2D eigenvalue weighted by molar-refractivity contribution is -0.141. The van der Waals surface area contributed by atoms with Crippen molar-refractivity contribution in [2.75, 3.05) is 0 Å². The number of carbonyl (C=O) groups excluding carboxylic acids is 1. The first-order chi connectivity index (χ1) is 10.6. The Balaban J connectivity index is 1.68. The molecule has 0 radical (unpaired) electrons. The molecule has 2 aromatic rings. The van der Waals surface area contributed by atoms with Crippen LogP contribution < -0.4 is 5.32 Å². The largest absolute Gasteiger partial charge is 0.481 e. The van der Waals surface area contributed by atoms with E-state index in [1.54, 1.807) is 24.3 Å². The Morgan fingerprint density at radius 3 is 2.86 bits per heavy atom. The highest BCUT2D eigenvalue weighted by Gasteiger charge is 2.30. The van der Waals surface area contributed by atoms with Crippen LogP contribution in [0.1, 0.15) is 29.6 Å². The Hall–Kier alpha value is -2.77. The number of rotatable bonds is 4. The summed E-state index contributed by atoms with van der Waals surface area (Å²) in [7, 11) is 0. The van der Waals surface area contributed by atoms with Crippen molar-refractivity contribution in [3.8, 4) is 5.69 Å². The fraction of sp³-hybridized carbons (Fsp3) is 0.357. The van der Waals surface area contributed by atoms with Crippen LogP contribution in [0, 0.1) is 5.92 Å². The Morgan fingerprint density at radius 2 is 2.18 bits per heavy atom. The number of carboxylic acid groups (broad SMARTS) is 1. The van der Waals surface area contributed by atoms with Gasteiger partial charge in [-0.2, -0.15) is 0 Å². The average Bonchev–Trinajstić information content (AvgIpc) is 3.19. The predicted molar refractivity (Wildman–Crippen MR) is 75.4 cm³/mol. The number of carbonyl (C=O) groups is 2. The summed E-state index contributed by atoms with van der Waals surface area (Å²) in [5.41, 5.74) is 1.18. The number of aromatic nitrogens is 4. The van der Waals surface area contributed by atoms with Crippen LogP contribution in [0.2, 0.25) is 0 Å². The maximum Gasteiger partial charge on any atom is 0.306 e. The molecule has 0 spiro atoms. The molecular formula is C14H15N5O3. The minimum Gasteiger partial charge on any atom is -0.481 e. The standard InChI is InChI=1S/C14H15N5O3/c20-13(16-11-5-4-10(6-11)14(21)22)9-2-1-3-12(7-9)19-8-15-17-18-19/h1-3,7-8,10-11H,4-6H2,(H,16,20)(H,21,22)/t10-,11+/m1/s1. The zero-order chi connectivity index (χ0) is 15.5. The molecule has 1 aromatic carbocycles. The minimum absolute atomic E-state index is 0.0923. The molecule has 1 aromatic heterocycles. The lowest BCUT2D eigenvalue weighted by Crippen LogP contribution is -2.33. The van der Waals surface area contributed by atoms with Gasteiger partial charge in [-0.1, -0.05) is 6.07 Å². The molecule has 1 aliphatic rings. The van der Waals surface area contributed by atoms with Crippen molar-refractivity contribution in [1.29, 1.82) is 0 Å². The molecule has 0 bridgehead atoms. The van der Waals surface area contributed by atoms with Crippen molar-refractivity contribution < 1.29 is 14.7 Å². The second-order valence-corrected chi connectivity index (χ2v) is 5.32. The number of hydrogen-bond acceptors (Lipinski definition) is 5. The molecule has 1 aliphatic carbocycles. The molecule has 2 atom stereocenters. The number of amides is 1. The van der Waals surface area contributed by atoms with Crippen LogP contribution in [0.4, 0.5) is 0 Å². The molecule has 22 heavy (non-hydrogen) atoms. The van der Waals surface area contributed by atoms with E-state index >= 15 is 0 Å². The third-order valence-corrected chi connectivity index (χ3v) is 3.84. The second kappa shape index (κ2) is 5.92. The Labute approximate surface area is 126 Å². The molecule has 0 unspecified atom stereocenters. The number of benzene rings is 1. The second-order valence-electron chi connectivity index (χ2n) is 5.32. The molecule has 1 saturated carbocycles. The lowest BCUT2D eigenvalue weighted by Gasteiger charge is -2.13. The minimum atomic E-state index is -0.794. The number of nitrogens with zero attached hydrogens (tertiary/aromatic N) is 4. The molecular weight excluding hydrogens is 286 g/mol. The van der Waals surface area contributed by atoms with Gasteiger partial charge >= 0.3 is 5.97 Å². The van der Waals surface area contributed by atoms with Gasteiger partial charge in [-0.05, 0) is 47.9 Å². The molecule has 0 saturated heterocycles. The van der Waals surface area contributed by atoms with Gasteiger partial charge in [0, 0.05) is 11.6 Å². The highest BCUT2D eigenvalue weighted by Crippen LogP contribution is 2.26. The molecule has 114 valence electrons. The molecule has 1 fully saturated rings. The van der Waals surface area contributed by atoms with Gasteiger partial charge in [-0.25, -0.2) is 4.68 Å². The van der Waals surface area contributed by atoms with E-state index in [2.05, 4.69) is 20.8 Å². The summed E-state index contributed by atoms with van der Waals surface area (Å²) in [5, 5.41) is 22.8. The van der Waals surface area contributed by atoms with Crippen molar-refractivity contribution in [3.05, 3.63) is 36.2 Å². The van der Waals surface area contributed by atoms with Crippen LogP contribution in [0.25, 0.3) is 5.69 Å². The SMILES string of the molecule is O=C(N[C@H]1CC[C@@H](C(=O)O)C1)c1cccc(-n2cnnn2)c1. The van der Waals surface area contributed by atoms with Crippen LogP contribution in [0.15, 0.2) is 30.6 Å².